The zero-order valence-electron chi connectivity index (χ0n) is 61.6. The minimum absolute atomic E-state index is 0.00945. The van der Waals surface area contributed by atoms with Gasteiger partial charge < -0.3 is 65.6 Å². The molecule has 25 heteroatoms. The normalized spacial score (nSPS) is 26.5. The number of carbonyl (C=O) groups excluding carboxylic acids is 11. The van der Waals surface area contributed by atoms with E-state index in [1.807, 2.05) is 68.4 Å². The zero-order chi connectivity index (χ0) is 72.0. The maximum absolute atomic E-state index is 15.4. The van der Waals surface area contributed by atoms with Crippen LogP contribution in [0, 0.1) is 41.4 Å². The van der Waals surface area contributed by atoms with Gasteiger partial charge in [0.1, 0.15) is 66.5 Å². The number of nitrogens with zero attached hydrogens (tertiary/aromatic N) is 8. The molecule has 1 heterocycles. The Bertz CT molecular complexity index is 2510. The SMILES string of the molecule is C/C=C/C[C@@H](C)[C@@H](O)[C@H]1C(=O)N[C@@H](CC)C(=O)N(C)[C@H](CSCCN(CC)CC)C(=O)N(C)[C@@H](C(C)C)C(=O)N[C@@H](C(C)C)C(=O)N(C)[C@@H](CC(C)C)C(=O)N[C@@H](C)C(=O)N[C@H](C)C(=O)N(C)[C@@H](CC(C)C)C(=O)N(C)[C@@H](CC(C)C)C(=O)N(C)[C@@H](C(C)C)C(=O)N1C. The van der Waals surface area contributed by atoms with E-state index in [1.54, 1.807) is 61.5 Å². The fraction of sp³-hybridized carbons (Fsp3) is 0.809. The molecular formula is C68H124N12O12S. The molecule has 93 heavy (non-hydrogen) atoms. The van der Waals surface area contributed by atoms with E-state index in [0.29, 0.717) is 18.7 Å². The topological polar surface area (TPSA) is 282 Å². The first-order chi connectivity index (χ1) is 43.1. The lowest BCUT2D eigenvalue weighted by Crippen LogP contribution is -2.64. The van der Waals surface area contributed by atoms with Gasteiger partial charge in [0.15, 0.2) is 0 Å². The van der Waals surface area contributed by atoms with Gasteiger partial charge in [0.2, 0.25) is 65.0 Å². The minimum atomic E-state index is -1.63. The van der Waals surface area contributed by atoms with Gasteiger partial charge in [0.25, 0.3) is 0 Å². The summed E-state index contributed by atoms with van der Waals surface area (Å²) >= 11 is 1.44. The first-order valence-corrected chi connectivity index (χ1v) is 35.0. The van der Waals surface area contributed by atoms with Gasteiger partial charge in [0, 0.05) is 67.4 Å². The monoisotopic (exact) mass is 1330 g/mol. The highest BCUT2D eigenvalue weighted by atomic mass is 32.2. The number of amides is 11. The van der Waals surface area contributed by atoms with Crippen LogP contribution in [0.3, 0.4) is 0 Å². The second kappa shape index (κ2) is 39.9. The summed E-state index contributed by atoms with van der Waals surface area (Å²) in [4.78, 5) is 175. The zero-order valence-corrected chi connectivity index (χ0v) is 62.4. The van der Waals surface area contributed by atoms with E-state index in [1.165, 1.54) is 104 Å². The van der Waals surface area contributed by atoms with E-state index in [9.17, 15) is 29.1 Å². The number of likely N-dealkylation sites (N-methyl/N-ethyl adjacent to an activating group) is 7. The number of aliphatic hydroxyl groups is 1. The van der Waals surface area contributed by atoms with Crippen molar-refractivity contribution < 1.29 is 57.8 Å². The Morgan fingerprint density at radius 1 is 0.462 bits per heavy atom. The molecule has 1 saturated heterocycles. The van der Waals surface area contributed by atoms with Crippen LogP contribution in [-0.4, -0.2) is 262 Å². The van der Waals surface area contributed by atoms with E-state index < -0.39 is 161 Å². The lowest BCUT2D eigenvalue weighted by atomic mass is 9.91. The van der Waals surface area contributed by atoms with Crippen LogP contribution in [0.1, 0.15) is 164 Å². The van der Waals surface area contributed by atoms with Crippen LogP contribution in [0.15, 0.2) is 12.2 Å². The van der Waals surface area contributed by atoms with Crippen LogP contribution < -0.4 is 21.3 Å². The van der Waals surface area contributed by atoms with Crippen molar-refractivity contribution in [3.05, 3.63) is 12.2 Å². The van der Waals surface area contributed by atoms with Crippen molar-refractivity contribution in [2.75, 3.05) is 80.5 Å². The Hall–Kier alpha value is -5.82. The second-order valence-corrected chi connectivity index (χ2v) is 29.1. The maximum atomic E-state index is 15.4. The highest BCUT2D eigenvalue weighted by molar-refractivity contribution is 7.99. The predicted octanol–water partition coefficient (Wildman–Crippen LogP) is 4.32. The van der Waals surface area contributed by atoms with Crippen LogP contribution in [0.5, 0.6) is 0 Å². The molecule has 0 radical (unpaired) electrons. The molecule has 5 N–H and O–H groups in total. The largest absolute Gasteiger partial charge is 0.390 e. The number of hydrogen-bond donors (Lipinski definition) is 5. The number of nitrogens with one attached hydrogen (secondary N) is 4. The van der Waals surface area contributed by atoms with Crippen molar-refractivity contribution in [1.29, 1.82) is 0 Å². The van der Waals surface area contributed by atoms with Crippen LogP contribution in [0.25, 0.3) is 0 Å². The van der Waals surface area contributed by atoms with Crippen LogP contribution in [0.4, 0.5) is 0 Å². The molecule has 0 aliphatic carbocycles. The lowest BCUT2D eigenvalue weighted by molar-refractivity contribution is -0.157. The van der Waals surface area contributed by atoms with Crippen molar-refractivity contribution in [3.8, 4) is 0 Å². The summed E-state index contributed by atoms with van der Waals surface area (Å²) in [5.41, 5.74) is 0. The number of aliphatic hydroxyl groups excluding tert-OH is 1. The smallest absolute Gasteiger partial charge is 0.246 e. The molecule has 0 aromatic carbocycles. The fourth-order valence-corrected chi connectivity index (χ4v) is 13.1. The van der Waals surface area contributed by atoms with Gasteiger partial charge in [-0.15, -0.1) is 0 Å². The minimum Gasteiger partial charge on any atom is -0.390 e. The van der Waals surface area contributed by atoms with E-state index in [-0.39, 0.29) is 49.2 Å². The Labute approximate surface area is 562 Å². The third-order valence-corrected chi connectivity index (χ3v) is 19.0. The number of allylic oxidation sites excluding steroid dienone is 2. The molecule has 0 aromatic rings. The van der Waals surface area contributed by atoms with Gasteiger partial charge in [-0.2, -0.15) is 11.8 Å². The molecule has 534 valence electrons. The number of hydrogen-bond acceptors (Lipinski definition) is 14. The van der Waals surface area contributed by atoms with Gasteiger partial charge in [-0.25, -0.2) is 0 Å². The van der Waals surface area contributed by atoms with Gasteiger partial charge in [-0.3, -0.25) is 52.7 Å². The quantitative estimate of drug-likeness (QED) is 0.0791. The molecule has 11 amide bonds. The Balaban J connectivity index is 4.52. The van der Waals surface area contributed by atoms with Gasteiger partial charge in [-0.05, 0) is 107 Å². The molecule has 13 atom stereocenters. The third-order valence-electron chi connectivity index (χ3n) is 18.0. The highest BCUT2D eigenvalue weighted by Gasteiger charge is 2.46. The molecular weight excluding hydrogens is 1210 g/mol. The summed E-state index contributed by atoms with van der Waals surface area (Å²) in [6.45, 7) is 36.2. The maximum Gasteiger partial charge on any atom is 0.246 e. The molecule has 24 nitrogen and oxygen atoms in total. The van der Waals surface area contributed by atoms with Crippen LogP contribution in [0.2, 0.25) is 0 Å². The molecule has 1 fully saturated rings. The average Bonchev–Trinajstić information content (AvgIpc) is 0.841. The van der Waals surface area contributed by atoms with Crippen LogP contribution >= 0.6 is 11.8 Å². The molecule has 0 bridgehead atoms. The number of thioether (sulfide) groups is 1. The standard InChI is InChI=1S/C68H124N12O12S/c1-27-31-32-45(17)57(81)56-61(85)71-48(28-2)63(87)76(23)52(38-93-34-33-80(29-3)30-4)66(90)77(24)54(43(13)14)60(84)72-53(42(11)12)67(91)73(20)49(35-39(5)6)59(83)69-46(18)58(82)70-47(19)62(86)74(21)50(36-40(7)8)64(88)75(22)51(37-41(9)10)65(89)78(25)55(44(15)16)68(92)79(56)26/h27,31,39-57,81H,28-30,32-38H2,1-26H3,(H,69,83)(H,70,82)(H,71,85)(H,72,84)/b31-27+/t45-,46+,47-,48+,49+,50+,51+,52-,53+,54+,55+,56+,57-/m1/s1. The first kappa shape index (κ1) is 85.2. The Kier molecular flexibility index (Phi) is 36.6. The second-order valence-electron chi connectivity index (χ2n) is 28.0. The summed E-state index contributed by atoms with van der Waals surface area (Å²) in [5, 5.41) is 23.5. The highest BCUT2D eigenvalue weighted by Crippen LogP contribution is 2.26. The van der Waals surface area contributed by atoms with Crippen molar-refractivity contribution in [2.24, 2.45) is 41.4 Å². The van der Waals surface area contributed by atoms with E-state index in [2.05, 4.69) is 26.2 Å². The molecule has 0 spiro atoms. The molecule has 0 aromatic heterocycles. The summed E-state index contributed by atoms with van der Waals surface area (Å²) in [7, 11) is 10.1. The van der Waals surface area contributed by atoms with Gasteiger partial charge in [-0.1, -0.05) is 123 Å². The average molecular weight is 1330 g/mol. The van der Waals surface area contributed by atoms with Crippen molar-refractivity contribution in [3.63, 3.8) is 0 Å². The number of carbonyl (C=O) groups is 11. The summed E-state index contributed by atoms with van der Waals surface area (Å²) in [6, 6.07) is -13.7. The summed E-state index contributed by atoms with van der Waals surface area (Å²) in [5.74, 6) is -9.48. The summed E-state index contributed by atoms with van der Waals surface area (Å²) < 4.78 is 0. The number of rotatable bonds is 21. The third kappa shape index (κ3) is 24.1. The summed E-state index contributed by atoms with van der Waals surface area (Å²) in [6.07, 6.45) is 2.86. The first-order valence-electron chi connectivity index (χ1n) is 33.8. The molecule has 1 aliphatic heterocycles. The van der Waals surface area contributed by atoms with Crippen LogP contribution in [-0.2, 0) is 52.7 Å². The van der Waals surface area contributed by atoms with E-state index >= 15 is 28.8 Å². The lowest BCUT2D eigenvalue weighted by Gasteiger charge is -2.41. The van der Waals surface area contributed by atoms with Crippen molar-refractivity contribution >= 4 is 76.7 Å². The Morgan fingerprint density at radius 2 is 0.882 bits per heavy atom. The molecule has 0 saturated carbocycles. The Morgan fingerprint density at radius 3 is 1.34 bits per heavy atom. The predicted molar refractivity (Wildman–Crippen MR) is 368 cm³/mol. The van der Waals surface area contributed by atoms with E-state index in [0.717, 1.165) is 18.0 Å². The van der Waals surface area contributed by atoms with E-state index in [4.69, 9.17) is 0 Å². The molecule has 1 rings (SSSR count). The molecule has 0 unspecified atom stereocenters. The van der Waals surface area contributed by atoms with Gasteiger partial charge >= 0.3 is 0 Å². The van der Waals surface area contributed by atoms with Crippen molar-refractivity contribution in [1.82, 2.24) is 60.5 Å². The van der Waals surface area contributed by atoms with Gasteiger partial charge in [0.05, 0.1) is 6.10 Å². The fourth-order valence-electron chi connectivity index (χ4n) is 11.9. The van der Waals surface area contributed by atoms with Crippen molar-refractivity contribution in [2.45, 2.75) is 236 Å². The molecule has 1 aliphatic rings.